The van der Waals surface area contributed by atoms with Gasteiger partial charge in [0.1, 0.15) is 0 Å². The van der Waals surface area contributed by atoms with Crippen molar-refractivity contribution in [1.29, 1.82) is 0 Å². The Kier molecular flexibility index (Phi) is 6.14. The minimum absolute atomic E-state index is 0.100. The molecule has 3 heterocycles. The number of nitrogens with zero attached hydrogens (tertiary/aromatic N) is 4. The molecule has 1 N–H and O–H groups in total. The molecular formula is C24H25N5OS2. The topological polar surface area (TPSA) is 65.1 Å². The summed E-state index contributed by atoms with van der Waals surface area (Å²) in [6.45, 7) is 5.13. The summed E-state index contributed by atoms with van der Waals surface area (Å²) in [4.78, 5) is 31.1. The van der Waals surface area contributed by atoms with Crippen LogP contribution >= 0.6 is 23.1 Å². The Morgan fingerprint density at radius 2 is 1.91 bits per heavy atom. The van der Waals surface area contributed by atoms with E-state index in [2.05, 4.69) is 20.2 Å². The number of hydrogen-bond acceptors (Lipinski definition) is 6. The number of fused-ring (bicyclic) bond motifs is 1. The van der Waals surface area contributed by atoms with Crippen molar-refractivity contribution < 1.29 is 4.79 Å². The van der Waals surface area contributed by atoms with Gasteiger partial charge in [-0.05, 0) is 49.7 Å². The highest BCUT2D eigenvalue weighted by Gasteiger charge is 2.22. The van der Waals surface area contributed by atoms with Gasteiger partial charge in [0.05, 0.1) is 21.7 Å². The highest BCUT2D eigenvalue weighted by Crippen LogP contribution is 2.24. The van der Waals surface area contributed by atoms with Crippen molar-refractivity contribution in [1.82, 2.24) is 19.9 Å². The zero-order valence-electron chi connectivity index (χ0n) is 18.0. The van der Waals surface area contributed by atoms with Gasteiger partial charge in [-0.3, -0.25) is 4.79 Å². The van der Waals surface area contributed by atoms with E-state index in [0.29, 0.717) is 6.54 Å². The van der Waals surface area contributed by atoms with Crippen LogP contribution in [0.2, 0.25) is 0 Å². The summed E-state index contributed by atoms with van der Waals surface area (Å²) in [5.41, 5.74) is 3.87. The lowest BCUT2D eigenvalue weighted by Gasteiger charge is -2.22. The number of amides is 1. The van der Waals surface area contributed by atoms with Crippen LogP contribution in [-0.2, 0) is 5.75 Å². The number of carbonyl (C=O) groups is 1. The summed E-state index contributed by atoms with van der Waals surface area (Å²) >= 11 is 3.43. The summed E-state index contributed by atoms with van der Waals surface area (Å²) in [5, 5.41) is 3.20. The second-order valence-electron chi connectivity index (χ2n) is 7.88. The monoisotopic (exact) mass is 463 g/mol. The molecule has 0 bridgehead atoms. The van der Waals surface area contributed by atoms with E-state index in [4.69, 9.17) is 4.98 Å². The van der Waals surface area contributed by atoms with E-state index in [-0.39, 0.29) is 5.91 Å². The Hall–Kier alpha value is -2.84. The highest BCUT2D eigenvalue weighted by molar-refractivity contribution is 7.98. The molecule has 1 saturated heterocycles. The van der Waals surface area contributed by atoms with Crippen molar-refractivity contribution >= 4 is 46.0 Å². The first-order valence-corrected chi connectivity index (χ1v) is 12.6. The molecule has 0 atom stereocenters. The molecule has 1 aliphatic heterocycles. The van der Waals surface area contributed by atoms with E-state index < -0.39 is 0 Å². The molecule has 0 saturated carbocycles. The quantitative estimate of drug-likeness (QED) is 0.423. The number of carbonyl (C=O) groups excluding carboxylic acids is 1. The van der Waals surface area contributed by atoms with Crippen LogP contribution in [0.4, 0.5) is 5.95 Å². The van der Waals surface area contributed by atoms with Crippen LogP contribution in [0, 0.1) is 6.92 Å². The lowest BCUT2D eigenvalue weighted by molar-refractivity contribution is 0.0767. The van der Waals surface area contributed by atoms with Crippen molar-refractivity contribution in [2.75, 3.05) is 31.1 Å². The molecule has 6 nitrogen and oxygen atoms in total. The summed E-state index contributed by atoms with van der Waals surface area (Å²) in [6, 6.07) is 16.0. The fourth-order valence-electron chi connectivity index (χ4n) is 3.93. The minimum atomic E-state index is 0.100. The maximum Gasteiger partial charge on any atom is 0.253 e. The normalized spacial score (nSPS) is 14.7. The van der Waals surface area contributed by atoms with E-state index in [1.165, 1.54) is 0 Å². The molecule has 2 aromatic heterocycles. The van der Waals surface area contributed by atoms with Crippen LogP contribution in [0.25, 0.3) is 11.0 Å². The van der Waals surface area contributed by atoms with Crippen LogP contribution in [0.3, 0.4) is 0 Å². The number of thiazole rings is 1. The number of rotatable bonds is 5. The molecule has 164 valence electrons. The number of aromatic amines is 1. The predicted octanol–water partition coefficient (Wildman–Crippen LogP) is 4.97. The van der Waals surface area contributed by atoms with E-state index in [0.717, 1.165) is 70.0 Å². The van der Waals surface area contributed by atoms with Gasteiger partial charge in [-0.15, -0.1) is 23.1 Å². The molecule has 32 heavy (non-hydrogen) atoms. The van der Waals surface area contributed by atoms with Crippen LogP contribution < -0.4 is 4.90 Å². The summed E-state index contributed by atoms with van der Waals surface area (Å²) in [6.07, 6.45) is 0.920. The van der Waals surface area contributed by atoms with E-state index in [1.54, 1.807) is 23.1 Å². The SMILES string of the molecule is Cc1nc(CSc2ccc(C(=O)N3CCCN(c4nc5ccccc5[nH]4)CC3)cc2)cs1. The third-order valence-electron chi connectivity index (χ3n) is 5.61. The van der Waals surface area contributed by atoms with Crippen molar-refractivity contribution in [3.05, 3.63) is 70.2 Å². The molecule has 0 unspecified atom stereocenters. The fraction of sp³-hybridized carbons (Fsp3) is 0.292. The molecule has 4 aromatic rings. The first-order chi connectivity index (χ1) is 15.7. The molecule has 2 aromatic carbocycles. The van der Waals surface area contributed by atoms with Crippen LogP contribution in [0.5, 0.6) is 0 Å². The van der Waals surface area contributed by atoms with Gasteiger partial charge in [0, 0.05) is 47.8 Å². The van der Waals surface area contributed by atoms with Crippen molar-refractivity contribution in [3.63, 3.8) is 0 Å². The Balaban J connectivity index is 1.19. The first kappa shape index (κ1) is 21.0. The largest absolute Gasteiger partial charge is 0.341 e. The summed E-state index contributed by atoms with van der Waals surface area (Å²) in [7, 11) is 0. The Bertz CT molecular complexity index is 1180. The third kappa shape index (κ3) is 4.66. The van der Waals surface area contributed by atoms with Gasteiger partial charge in [-0.25, -0.2) is 9.97 Å². The average Bonchev–Trinajstić information content (AvgIpc) is 3.36. The number of anilines is 1. The van der Waals surface area contributed by atoms with Gasteiger partial charge in [0.25, 0.3) is 5.91 Å². The minimum Gasteiger partial charge on any atom is -0.341 e. The van der Waals surface area contributed by atoms with Gasteiger partial charge >= 0.3 is 0 Å². The zero-order chi connectivity index (χ0) is 21.9. The Morgan fingerprint density at radius 1 is 1.06 bits per heavy atom. The van der Waals surface area contributed by atoms with Crippen molar-refractivity contribution in [2.24, 2.45) is 0 Å². The number of benzene rings is 2. The van der Waals surface area contributed by atoms with Crippen LogP contribution in [-0.4, -0.2) is 51.9 Å². The highest BCUT2D eigenvalue weighted by atomic mass is 32.2. The first-order valence-electron chi connectivity index (χ1n) is 10.8. The van der Waals surface area contributed by atoms with Crippen molar-refractivity contribution in [3.8, 4) is 0 Å². The Labute approximate surface area is 195 Å². The molecule has 0 spiro atoms. The molecule has 5 rings (SSSR count). The molecule has 1 fully saturated rings. The third-order valence-corrected chi connectivity index (χ3v) is 7.48. The number of aromatic nitrogens is 3. The van der Waals surface area contributed by atoms with Gasteiger partial charge in [-0.2, -0.15) is 0 Å². The molecular weight excluding hydrogens is 438 g/mol. The molecule has 8 heteroatoms. The van der Waals surface area contributed by atoms with Crippen molar-refractivity contribution in [2.45, 2.75) is 24.0 Å². The molecule has 1 aliphatic rings. The maximum atomic E-state index is 13.1. The number of hydrogen-bond donors (Lipinski definition) is 1. The number of para-hydroxylation sites is 2. The maximum absolute atomic E-state index is 13.1. The standard InChI is InChI=1S/C24H25N5OS2/c1-17-25-19(15-31-17)16-32-20-9-7-18(8-10-20)23(30)28-11-4-12-29(14-13-28)24-26-21-5-2-3-6-22(21)27-24/h2-3,5-10,15H,4,11-14,16H2,1H3,(H,26,27). The van der Waals surface area contributed by atoms with Gasteiger partial charge in [0.15, 0.2) is 0 Å². The number of nitrogens with one attached hydrogen (secondary N) is 1. The predicted molar refractivity (Wildman–Crippen MR) is 132 cm³/mol. The number of aryl methyl sites for hydroxylation is 1. The zero-order valence-corrected chi connectivity index (χ0v) is 19.6. The summed E-state index contributed by atoms with van der Waals surface area (Å²) in [5.74, 6) is 1.83. The molecule has 0 aliphatic carbocycles. The second kappa shape index (κ2) is 9.34. The molecule has 1 amide bonds. The second-order valence-corrected chi connectivity index (χ2v) is 9.99. The smallest absolute Gasteiger partial charge is 0.253 e. The fourth-order valence-corrected chi connectivity index (χ4v) is 5.44. The van der Waals surface area contributed by atoms with E-state index in [1.807, 2.05) is 60.4 Å². The molecule has 0 radical (unpaired) electrons. The van der Waals surface area contributed by atoms with Gasteiger partial charge < -0.3 is 14.8 Å². The lowest BCUT2D eigenvalue weighted by atomic mass is 10.2. The lowest BCUT2D eigenvalue weighted by Crippen LogP contribution is -2.35. The summed E-state index contributed by atoms with van der Waals surface area (Å²) < 4.78 is 0. The number of H-pyrrole nitrogens is 1. The van der Waals surface area contributed by atoms with Crippen LogP contribution in [0.15, 0.2) is 58.8 Å². The average molecular weight is 464 g/mol. The number of imidazole rings is 1. The van der Waals surface area contributed by atoms with Gasteiger partial charge in [-0.1, -0.05) is 12.1 Å². The van der Waals surface area contributed by atoms with E-state index in [9.17, 15) is 4.79 Å². The van der Waals surface area contributed by atoms with E-state index >= 15 is 0 Å². The number of thioether (sulfide) groups is 1. The Morgan fingerprint density at radius 3 is 2.69 bits per heavy atom. The van der Waals surface area contributed by atoms with Gasteiger partial charge in [0.2, 0.25) is 5.95 Å². The van der Waals surface area contributed by atoms with Crippen LogP contribution in [0.1, 0.15) is 27.5 Å².